The van der Waals surface area contributed by atoms with Crippen LogP contribution in [0.15, 0.2) is 48.5 Å². The largest absolute Gasteiger partial charge is 0.494 e. The van der Waals surface area contributed by atoms with Crippen LogP contribution < -0.4 is 10.1 Å². The van der Waals surface area contributed by atoms with Crippen LogP contribution in [0.3, 0.4) is 0 Å². The van der Waals surface area contributed by atoms with Gasteiger partial charge in [-0.2, -0.15) is 0 Å². The Hall–Kier alpha value is -2.40. The van der Waals surface area contributed by atoms with E-state index >= 15 is 0 Å². The minimum atomic E-state index is -0.354. The molecular weight excluding hydrogens is 268 g/mol. The average Bonchev–Trinajstić information content (AvgIpc) is 2.48. The number of nitrogens with one attached hydrogen (secondary N) is 1. The summed E-state index contributed by atoms with van der Waals surface area (Å²) >= 11 is 0. The highest BCUT2D eigenvalue weighted by atomic mass is 16.6. The maximum Gasteiger partial charge on any atom is 0.273 e. The third kappa shape index (κ3) is 4.29. The number of nitro benzene ring substituents is 1. The molecule has 110 valence electrons. The van der Waals surface area contributed by atoms with Gasteiger partial charge in [0.15, 0.2) is 0 Å². The minimum absolute atomic E-state index is 0.146. The Morgan fingerprint density at radius 3 is 2.71 bits per heavy atom. The molecule has 2 aromatic rings. The van der Waals surface area contributed by atoms with E-state index in [1.165, 1.54) is 6.07 Å². The van der Waals surface area contributed by atoms with Crippen LogP contribution in [0.5, 0.6) is 5.75 Å². The SMILES string of the molecule is CCOc1cccc(CNCc2ccccc2[N+](=O)[O-])c1. The fraction of sp³-hybridized carbons (Fsp3) is 0.250. The summed E-state index contributed by atoms with van der Waals surface area (Å²) in [7, 11) is 0. The first-order valence-electron chi connectivity index (χ1n) is 6.85. The smallest absolute Gasteiger partial charge is 0.273 e. The van der Waals surface area contributed by atoms with E-state index in [4.69, 9.17) is 4.74 Å². The Bertz CT molecular complexity index is 614. The zero-order valence-corrected chi connectivity index (χ0v) is 11.9. The molecule has 0 radical (unpaired) electrons. The van der Waals surface area contributed by atoms with Crippen LogP contribution in [0, 0.1) is 10.1 Å². The summed E-state index contributed by atoms with van der Waals surface area (Å²) in [5, 5.41) is 14.2. The number of rotatable bonds is 7. The van der Waals surface area contributed by atoms with Crippen LogP contribution in [-0.2, 0) is 13.1 Å². The van der Waals surface area contributed by atoms with E-state index in [0.29, 0.717) is 25.3 Å². The summed E-state index contributed by atoms with van der Waals surface area (Å²) in [6, 6.07) is 14.6. The van der Waals surface area contributed by atoms with Gasteiger partial charge >= 0.3 is 0 Å². The summed E-state index contributed by atoms with van der Waals surface area (Å²) in [4.78, 5) is 10.6. The van der Waals surface area contributed by atoms with Gasteiger partial charge in [-0.25, -0.2) is 0 Å². The number of hydrogen-bond acceptors (Lipinski definition) is 4. The van der Waals surface area contributed by atoms with Gasteiger partial charge in [0.05, 0.1) is 11.5 Å². The molecule has 2 aromatic carbocycles. The van der Waals surface area contributed by atoms with Crippen LogP contribution in [0.4, 0.5) is 5.69 Å². The molecule has 0 spiro atoms. The van der Waals surface area contributed by atoms with Gasteiger partial charge in [-0.3, -0.25) is 10.1 Å². The van der Waals surface area contributed by atoms with Crippen LogP contribution in [0.1, 0.15) is 18.1 Å². The Morgan fingerprint density at radius 1 is 1.14 bits per heavy atom. The van der Waals surface area contributed by atoms with Crippen LogP contribution in [0.2, 0.25) is 0 Å². The topological polar surface area (TPSA) is 64.4 Å². The summed E-state index contributed by atoms with van der Waals surface area (Å²) in [6.07, 6.45) is 0. The molecule has 21 heavy (non-hydrogen) atoms. The maximum absolute atomic E-state index is 10.9. The zero-order chi connectivity index (χ0) is 15.1. The molecule has 0 bridgehead atoms. The molecule has 0 aromatic heterocycles. The van der Waals surface area contributed by atoms with E-state index in [-0.39, 0.29) is 10.6 Å². The average molecular weight is 286 g/mol. The molecular formula is C16H18N2O3. The van der Waals surface area contributed by atoms with Gasteiger partial charge in [-0.05, 0) is 24.6 Å². The van der Waals surface area contributed by atoms with Crippen molar-refractivity contribution in [3.63, 3.8) is 0 Å². The van der Waals surface area contributed by atoms with E-state index < -0.39 is 0 Å². The lowest BCUT2D eigenvalue weighted by Gasteiger charge is -2.08. The van der Waals surface area contributed by atoms with Crippen molar-refractivity contribution in [3.05, 3.63) is 69.8 Å². The van der Waals surface area contributed by atoms with Crippen molar-refractivity contribution in [2.75, 3.05) is 6.61 Å². The van der Waals surface area contributed by atoms with Gasteiger partial charge in [0.2, 0.25) is 0 Å². The predicted molar refractivity (Wildman–Crippen MR) is 81.3 cm³/mol. The Balaban J connectivity index is 1.95. The fourth-order valence-electron chi connectivity index (χ4n) is 2.09. The molecule has 5 heteroatoms. The van der Waals surface area contributed by atoms with E-state index in [9.17, 15) is 10.1 Å². The molecule has 5 nitrogen and oxygen atoms in total. The zero-order valence-electron chi connectivity index (χ0n) is 11.9. The van der Waals surface area contributed by atoms with Crippen molar-refractivity contribution in [1.82, 2.24) is 5.32 Å². The van der Waals surface area contributed by atoms with Gasteiger partial charge in [0, 0.05) is 24.7 Å². The highest BCUT2D eigenvalue weighted by Gasteiger charge is 2.11. The highest BCUT2D eigenvalue weighted by Crippen LogP contribution is 2.18. The molecule has 0 saturated carbocycles. The second-order valence-corrected chi connectivity index (χ2v) is 4.57. The summed E-state index contributed by atoms with van der Waals surface area (Å²) in [5.41, 5.74) is 1.91. The molecule has 0 aliphatic heterocycles. The highest BCUT2D eigenvalue weighted by molar-refractivity contribution is 5.39. The van der Waals surface area contributed by atoms with Gasteiger partial charge in [-0.15, -0.1) is 0 Å². The monoisotopic (exact) mass is 286 g/mol. The van der Waals surface area contributed by atoms with Crippen molar-refractivity contribution < 1.29 is 9.66 Å². The van der Waals surface area contributed by atoms with Gasteiger partial charge in [-0.1, -0.05) is 30.3 Å². The lowest BCUT2D eigenvalue weighted by Crippen LogP contribution is -2.13. The van der Waals surface area contributed by atoms with Crippen LogP contribution >= 0.6 is 0 Å². The molecule has 0 saturated heterocycles. The minimum Gasteiger partial charge on any atom is -0.494 e. The first kappa shape index (κ1) is 15.0. The van der Waals surface area contributed by atoms with Crippen LogP contribution in [-0.4, -0.2) is 11.5 Å². The second kappa shape index (κ2) is 7.40. The van der Waals surface area contributed by atoms with Crippen molar-refractivity contribution in [1.29, 1.82) is 0 Å². The molecule has 0 unspecified atom stereocenters. The van der Waals surface area contributed by atoms with Gasteiger partial charge in [0.1, 0.15) is 5.75 Å². The number of hydrogen-bond donors (Lipinski definition) is 1. The van der Waals surface area contributed by atoms with Gasteiger partial charge in [0.25, 0.3) is 5.69 Å². The first-order valence-corrected chi connectivity index (χ1v) is 6.85. The molecule has 1 N–H and O–H groups in total. The molecule has 0 amide bonds. The molecule has 0 aliphatic rings. The molecule has 0 fully saturated rings. The van der Waals surface area contributed by atoms with Crippen molar-refractivity contribution in [3.8, 4) is 5.75 Å². The number of benzene rings is 2. The lowest BCUT2D eigenvalue weighted by atomic mass is 10.1. The number of nitrogens with zero attached hydrogens (tertiary/aromatic N) is 1. The van der Waals surface area contributed by atoms with Crippen LogP contribution in [0.25, 0.3) is 0 Å². The van der Waals surface area contributed by atoms with E-state index in [2.05, 4.69) is 5.32 Å². The number of para-hydroxylation sites is 1. The Labute approximate surface area is 123 Å². The van der Waals surface area contributed by atoms with Crippen molar-refractivity contribution >= 4 is 5.69 Å². The predicted octanol–water partition coefficient (Wildman–Crippen LogP) is 3.28. The lowest BCUT2D eigenvalue weighted by molar-refractivity contribution is -0.385. The second-order valence-electron chi connectivity index (χ2n) is 4.57. The summed E-state index contributed by atoms with van der Waals surface area (Å²) < 4.78 is 5.44. The normalized spacial score (nSPS) is 10.3. The van der Waals surface area contributed by atoms with Crippen molar-refractivity contribution in [2.24, 2.45) is 0 Å². The van der Waals surface area contributed by atoms with Crippen molar-refractivity contribution in [2.45, 2.75) is 20.0 Å². The third-order valence-electron chi connectivity index (χ3n) is 3.04. The summed E-state index contributed by atoms with van der Waals surface area (Å²) in [5.74, 6) is 0.836. The van der Waals surface area contributed by atoms with Gasteiger partial charge < -0.3 is 10.1 Å². The first-order chi connectivity index (χ1) is 10.2. The quantitative estimate of drug-likeness (QED) is 0.626. The molecule has 0 aliphatic carbocycles. The Morgan fingerprint density at radius 2 is 1.95 bits per heavy atom. The van der Waals surface area contributed by atoms with E-state index in [1.54, 1.807) is 18.2 Å². The fourth-order valence-corrected chi connectivity index (χ4v) is 2.09. The third-order valence-corrected chi connectivity index (χ3v) is 3.04. The molecule has 0 heterocycles. The maximum atomic E-state index is 10.9. The molecule has 0 atom stereocenters. The van der Waals surface area contributed by atoms with E-state index in [1.807, 2.05) is 31.2 Å². The molecule has 2 rings (SSSR count). The standard InChI is InChI=1S/C16H18N2O3/c1-2-21-15-8-5-6-13(10-15)11-17-12-14-7-3-4-9-16(14)18(19)20/h3-10,17H,2,11-12H2,1H3. The summed E-state index contributed by atoms with van der Waals surface area (Å²) in [6.45, 7) is 3.66. The Kier molecular flexibility index (Phi) is 5.29. The van der Waals surface area contributed by atoms with E-state index in [0.717, 1.165) is 11.3 Å². The number of nitro groups is 1. The number of ether oxygens (including phenoxy) is 1.